The van der Waals surface area contributed by atoms with Crippen LogP contribution in [0.5, 0.6) is 5.75 Å². The first-order valence-corrected chi connectivity index (χ1v) is 7.40. The van der Waals surface area contributed by atoms with Crippen molar-refractivity contribution in [3.05, 3.63) is 52.7 Å². The van der Waals surface area contributed by atoms with E-state index in [4.69, 9.17) is 21.6 Å². The summed E-state index contributed by atoms with van der Waals surface area (Å²) >= 11 is 5.92. The van der Waals surface area contributed by atoms with Crippen molar-refractivity contribution in [3.8, 4) is 11.8 Å². The lowest BCUT2D eigenvalue weighted by atomic mass is 9.96. The van der Waals surface area contributed by atoms with Crippen molar-refractivity contribution in [3.63, 3.8) is 0 Å². The summed E-state index contributed by atoms with van der Waals surface area (Å²) < 4.78 is 5.19. The second kappa shape index (κ2) is 7.15. The highest BCUT2D eigenvalue weighted by atomic mass is 35.5. The van der Waals surface area contributed by atoms with Gasteiger partial charge < -0.3 is 10.1 Å². The van der Waals surface area contributed by atoms with Crippen LogP contribution in [0.1, 0.15) is 31.1 Å². The molecule has 22 heavy (non-hydrogen) atoms. The van der Waals surface area contributed by atoms with Crippen LogP contribution in [-0.4, -0.2) is 12.1 Å². The first-order valence-electron chi connectivity index (χ1n) is 7.02. The number of halogens is 1. The maximum atomic E-state index is 9.02. The van der Waals surface area contributed by atoms with E-state index in [1.807, 2.05) is 30.3 Å². The molecule has 5 heteroatoms. The molecule has 2 aromatic rings. The number of nitriles is 1. The molecule has 0 aliphatic carbocycles. The van der Waals surface area contributed by atoms with Crippen LogP contribution in [0.2, 0.25) is 5.02 Å². The third-order valence-corrected chi connectivity index (χ3v) is 3.70. The van der Waals surface area contributed by atoms with Crippen LogP contribution >= 0.6 is 11.6 Å². The van der Waals surface area contributed by atoms with Gasteiger partial charge in [0, 0.05) is 0 Å². The number of rotatable bonds is 5. The van der Waals surface area contributed by atoms with Gasteiger partial charge in [-0.3, -0.25) is 0 Å². The zero-order valence-electron chi connectivity index (χ0n) is 12.8. The van der Waals surface area contributed by atoms with E-state index in [0.29, 0.717) is 16.8 Å². The van der Waals surface area contributed by atoms with Crippen LogP contribution in [0.3, 0.4) is 0 Å². The van der Waals surface area contributed by atoms with Gasteiger partial charge in [0.15, 0.2) is 5.69 Å². The summed E-state index contributed by atoms with van der Waals surface area (Å²) in [6.45, 7) is 4.26. The van der Waals surface area contributed by atoms with Crippen LogP contribution in [0.15, 0.2) is 36.4 Å². The topological polar surface area (TPSA) is 57.9 Å². The molecule has 0 aliphatic heterocycles. The molecule has 0 radical (unpaired) electrons. The Morgan fingerprint density at radius 1 is 1.18 bits per heavy atom. The van der Waals surface area contributed by atoms with Crippen molar-refractivity contribution in [1.82, 2.24) is 4.98 Å². The Morgan fingerprint density at radius 2 is 1.86 bits per heavy atom. The Hall–Kier alpha value is -2.25. The van der Waals surface area contributed by atoms with E-state index >= 15 is 0 Å². The minimum atomic E-state index is 0.0751. The fourth-order valence-corrected chi connectivity index (χ4v) is 2.35. The van der Waals surface area contributed by atoms with Crippen molar-refractivity contribution >= 4 is 17.4 Å². The maximum absolute atomic E-state index is 9.02. The molecule has 0 bridgehead atoms. The summed E-state index contributed by atoms with van der Waals surface area (Å²) in [7, 11) is 1.65. The molecule has 1 unspecified atom stereocenters. The SMILES string of the molecule is COc1ccc(C(Nc2ccc(Cl)c(C#N)n2)C(C)C)cc1. The first kappa shape index (κ1) is 16.1. The third kappa shape index (κ3) is 3.69. The van der Waals surface area contributed by atoms with Crippen LogP contribution in [0.25, 0.3) is 0 Å². The predicted octanol–water partition coefficient (Wildman–Crippen LogP) is 4.42. The van der Waals surface area contributed by atoms with E-state index < -0.39 is 0 Å². The highest BCUT2D eigenvalue weighted by Crippen LogP contribution is 2.28. The summed E-state index contributed by atoms with van der Waals surface area (Å²) in [4.78, 5) is 4.24. The molecule has 0 saturated heterocycles. The number of pyridine rings is 1. The average Bonchev–Trinajstić information content (AvgIpc) is 2.54. The van der Waals surface area contributed by atoms with Crippen molar-refractivity contribution in [2.24, 2.45) is 5.92 Å². The van der Waals surface area contributed by atoms with Crippen molar-refractivity contribution in [1.29, 1.82) is 5.26 Å². The van der Waals surface area contributed by atoms with Gasteiger partial charge in [-0.05, 0) is 35.7 Å². The van der Waals surface area contributed by atoms with Gasteiger partial charge in [-0.25, -0.2) is 4.98 Å². The largest absolute Gasteiger partial charge is 0.497 e. The quantitative estimate of drug-likeness (QED) is 0.887. The van der Waals surface area contributed by atoms with E-state index in [9.17, 15) is 0 Å². The van der Waals surface area contributed by atoms with Gasteiger partial charge in [0.1, 0.15) is 17.6 Å². The Bertz CT molecular complexity index is 677. The van der Waals surface area contributed by atoms with Gasteiger partial charge in [0.25, 0.3) is 0 Å². The fraction of sp³-hybridized carbons (Fsp3) is 0.294. The monoisotopic (exact) mass is 315 g/mol. The lowest BCUT2D eigenvalue weighted by molar-refractivity contribution is 0.414. The van der Waals surface area contributed by atoms with Crippen LogP contribution in [0.4, 0.5) is 5.82 Å². The molecule has 1 aromatic carbocycles. The molecule has 0 amide bonds. The Kier molecular flexibility index (Phi) is 5.24. The van der Waals surface area contributed by atoms with Crippen LogP contribution < -0.4 is 10.1 Å². The molecule has 0 aliphatic rings. The number of anilines is 1. The van der Waals surface area contributed by atoms with Crippen LogP contribution in [0, 0.1) is 17.2 Å². The average molecular weight is 316 g/mol. The van der Waals surface area contributed by atoms with Gasteiger partial charge in [0.2, 0.25) is 0 Å². The minimum Gasteiger partial charge on any atom is -0.497 e. The van der Waals surface area contributed by atoms with Crippen molar-refractivity contribution in [2.45, 2.75) is 19.9 Å². The minimum absolute atomic E-state index is 0.0751. The maximum Gasteiger partial charge on any atom is 0.161 e. The number of nitrogens with zero attached hydrogens (tertiary/aromatic N) is 2. The van der Waals surface area contributed by atoms with Gasteiger partial charge >= 0.3 is 0 Å². The van der Waals surface area contributed by atoms with Crippen LogP contribution in [-0.2, 0) is 0 Å². The van der Waals surface area contributed by atoms with Gasteiger partial charge in [0.05, 0.1) is 18.2 Å². The summed E-state index contributed by atoms with van der Waals surface area (Å²) in [6.07, 6.45) is 0. The van der Waals surface area contributed by atoms with E-state index in [2.05, 4.69) is 24.1 Å². The molecule has 1 atom stereocenters. The number of benzene rings is 1. The third-order valence-electron chi connectivity index (χ3n) is 3.40. The Labute approximate surface area is 135 Å². The molecule has 0 saturated carbocycles. The number of nitrogens with one attached hydrogen (secondary N) is 1. The highest BCUT2D eigenvalue weighted by molar-refractivity contribution is 6.31. The molecule has 0 spiro atoms. The smallest absolute Gasteiger partial charge is 0.161 e. The molecule has 4 nitrogen and oxygen atoms in total. The summed E-state index contributed by atoms with van der Waals surface area (Å²) in [6, 6.07) is 13.4. The van der Waals surface area contributed by atoms with Gasteiger partial charge in [-0.15, -0.1) is 0 Å². The second-order valence-electron chi connectivity index (χ2n) is 5.28. The second-order valence-corrected chi connectivity index (χ2v) is 5.69. The van der Waals surface area contributed by atoms with Crippen molar-refractivity contribution < 1.29 is 4.74 Å². The zero-order chi connectivity index (χ0) is 16.1. The molecule has 2 rings (SSSR count). The lowest BCUT2D eigenvalue weighted by Crippen LogP contribution is -2.17. The number of aromatic nitrogens is 1. The molecular formula is C17H18ClN3O. The van der Waals surface area contributed by atoms with E-state index in [0.717, 1.165) is 11.3 Å². The molecule has 0 fully saturated rings. The molecule has 114 valence electrons. The Balaban J connectivity index is 2.27. The van der Waals surface area contributed by atoms with E-state index in [1.165, 1.54) is 0 Å². The number of hydrogen-bond acceptors (Lipinski definition) is 4. The van der Waals surface area contributed by atoms with Crippen molar-refractivity contribution in [2.75, 3.05) is 12.4 Å². The molecule has 1 heterocycles. The van der Waals surface area contributed by atoms with Gasteiger partial charge in [-0.2, -0.15) is 5.26 Å². The number of hydrogen-bond donors (Lipinski definition) is 1. The number of ether oxygens (including phenoxy) is 1. The lowest BCUT2D eigenvalue weighted by Gasteiger charge is -2.24. The molecule has 1 aromatic heterocycles. The van der Waals surface area contributed by atoms with Gasteiger partial charge in [-0.1, -0.05) is 37.6 Å². The zero-order valence-corrected chi connectivity index (χ0v) is 13.6. The predicted molar refractivity (Wildman–Crippen MR) is 88.2 cm³/mol. The summed E-state index contributed by atoms with van der Waals surface area (Å²) in [5, 5.41) is 12.8. The summed E-state index contributed by atoms with van der Waals surface area (Å²) in [5.41, 5.74) is 1.36. The standard InChI is InChI=1S/C17H18ClN3O/c1-11(2)17(12-4-6-13(22-3)7-5-12)21-16-9-8-14(18)15(10-19)20-16/h4-9,11,17H,1-3H3,(H,20,21). The number of methoxy groups -OCH3 is 1. The molecular weight excluding hydrogens is 298 g/mol. The van der Waals surface area contributed by atoms with E-state index in [-0.39, 0.29) is 11.7 Å². The Morgan fingerprint density at radius 3 is 2.41 bits per heavy atom. The highest BCUT2D eigenvalue weighted by Gasteiger charge is 2.17. The first-order chi connectivity index (χ1) is 10.5. The summed E-state index contributed by atoms with van der Waals surface area (Å²) in [5.74, 6) is 1.80. The molecule has 1 N–H and O–H groups in total. The van der Waals surface area contributed by atoms with E-state index in [1.54, 1.807) is 19.2 Å². The normalized spacial score (nSPS) is 11.8. The fourth-order valence-electron chi connectivity index (χ4n) is 2.21.